The molecule has 0 amide bonds. The first-order valence-electron chi connectivity index (χ1n) is 8.84. The van der Waals surface area contributed by atoms with Gasteiger partial charge >= 0.3 is 0 Å². The number of rotatable bonds is 4. The largest absolute Gasteiger partial charge is 0.481 e. The monoisotopic (exact) mass is 408 g/mol. The Bertz CT molecular complexity index is 830. The summed E-state index contributed by atoms with van der Waals surface area (Å²) in [6, 6.07) is 11.6. The number of hydrogen-bond donors (Lipinski definition) is 3. The van der Waals surface area contributed by atoms with E-state index in [1.165, 1.54) is 0 Å². The summed E-state index contributed by atoms with van der Waals surface area (Å²) in [7, 11) is 0. The highest BCUT2D eigenvalue weighted by molar-refractivity contribution is 7.99. The molecular formula is C20H21ClO5S. The number of benzene rings is 2. The number of aliphatic hydroxyl groups excluding tert-OH is 3. The van der Waals surface area contributed by atoms with E-state index in [9.17, 15) is 15.3 Å². The minimum atomic E-state index is -1.05. The Hall–Kier alpha value is -1.28. The topological polar surface area (TPSA) is 79.2 Å². The SMILES string of the molecule is OCC1CC(O)C(O)C(c2ccc(Cl)c(Cc3ccc4c(c3)SCO4)c2)O1. The normalized spacial score (nSPS) is 27.3. The van der Waals surface area contributed by atoms with Gasteiger partial charge in [0.15, 0.2) is 0 Å². The third kappa shape index (κ3) is 3.97. The fraction of sp³-hybridized carbons (Fsp3) is 0.400. The summed E-state index contributed by atoms with van der Waals surface area (Å²) >= 11 is 8.07. The molecule has 2 aliphatic rings. The van der Waals surface area contributed by atoms with E-state index in [0.29, 0.717) is 17.4 Å². The van der Waals surface area contributed by atoms with Gasteiger partial charge in [-0.25, -0.2) is 0 Å². The van der Waals surface area contributed by atoms with Crippen molar-refractivity contribution in [3.8, 4) is 5.75 Å². The highest BCUT2D eigenvalue weighted by Gasteiger charge is 2.37. The molecule has 1 fully saturated rings. The van der Waals surface area contributed by atoms with E-state index in [0.717, 1.165) is 27.3 Å². The zero-order valence-corrected chi connectivity index (χ0v) is 16.1. The Morgan fingerprint density at radius 3 is 2.81 bits per heavy atom. The third-order valence-electron chi connectivity index (χ3n) is 4.98. The van der Waals surface area contributed by atoms with Gasteiger partial charge in [0.05, 0.1) is 23.7 Å². The van der Waals surface area contributed by atoms with Crippen LogP contribution in [0.2, 0.25) is 5.02 Å². The van der Waals surface area contributed by atoms with Gasteiger partial charge in [0.2, 0.25) is 0 Å². The number of halogens is 1. The predicted molar refractivity (Wildman–Crippen MR) is 103 cm³/mol. The summed E-state index contributed by atoms with van der Waals surface area (Å²) < 4.78 is 11.3. The molecule has 0 aromatic heterocycles. The molecule has 4 atom stereocenters. The van der Waals surface area contributed by atoms with Gasteiger partial charge in [0, 0.05) is 11.4 Å². The first kappa shape index (κ1) is 19.1. The van der Waals surface area contributed by atoms with Crippen LogP contribution in [-0.2, 0) is 11.2 Å². The fourth-order valence-electron chi connectivity index (χ4n) is 3.53. The van der Waals surface area contributed by atoms with Gasteiger partial charge in [-0.1, -0.05) is 41.6 Å². The molecule has 4 rings (SSSR count). The highest BCUT2D eigenvalue weighted by atomic mass is 35.5. The molecule has 2 aliphatic heterocycles. The lowest BCUT2D eigenvalue weighted by molar-refractivity contribution is -0.179. The quantitative estimate of drug-likeness (QED) is 0.722. The first-order chi connectivity index (χ1) is 13.0. The van der Waals surface area contributed by atoms with Crippen molar-refractivity contribution in [1.82, 2.24) is 0 Å². The maximum atomic E-state index is 10.4. The predicted octanol–water partition coefficient (Wildman–Crippen LogP) is 2.92. The number of hydrogen-bond acceptors (Lipinski definition) is 6. The van der Waals surface area contributed by atoms with E-state index in [-0.39, 0.29) is 13.0 Å². The minimum Gasteiger partial charge on any atom is -0.481 e. The van der Waals surface area contributed by atoms with Gasteiger partial charge < -0.3 is 24.8 Å². The molecule has 27 heavy (non-hydrogen) atoms. The van der Waals surface area contributed by atoms with Gasteiger partial charge in [-0.3, -0.25) is 0 Å². The molecule has 2 aromatic carbocycles. The minimum absolute atomic E-state index is 0.199. The number of ether oxygens (including phenoxy) is 2. The van der Waals surface area contributed by atoms with Crippen molar-refractivity contribution in [2.75, 3.05) is 12.5 Å². The Balaban J connectivity index is 1.59. The van der Waals surface area contributed by atoms with Crippen molar-refractivity contribution in [1.29, 1.82) is 0 Å². The summed E-state index contributed by atoms with van der Waals surface area (Å²) in [5.74, 6) is 1.55. The van der Waals surface area contributed by atoms with Crippen molar-refractivity contribution < 1.29 is 24.8 Å². The van der Waals surface area contributed by atoms with E-state index >= 15 is 0 Å². The molecule has 0 spiro atoms. The Kier molecular flexibility index (Phi) is 5.64. The lowest BCUT2D eigenvalue weighted by atomic mass is 9.91. The zero-order chi connectivity index (χ0) is 19.0. The molecule has 2 aromatic rings. The van der Waals surface area contributed by atoms with Crippen LogP contribution < -0.4 is 4.74 Å². The lowest BCUT2D eigenvalue weighted by Gasteiger charge is -2.37. The second-order valence-electron chi connectivity index (χ2n) is 6.87. The summed E-state index contributed by atoms with van der Waals surface area (Å²) in [6.45, 7) is -0.199. The van der Waals surface area contributed by atoms with Gasteiger partial charge in [-0.05, 0) is 41.3 Å². The summed E-state index contributed by atoms with van der Waals surface area (Å²) in [5, 5.41) is 30.4. The smallest absolute Gasteiger partial charge is 0.138 e. The first-order valence-corrected chi connectivity index (χ1v) is 10.2. The van der Waals surface area contributed by atoms with Crippen molar-refractivity contribution in [3.05, 3.63) is 58.1 Å². The maximum absolute atomic E-state index is 10.4. The number of thioether (sulfide) groups is 1. The summed E-state index contributed by atoms with van der Waals surface area (Å²) in [5.41, 5.74) is 2.76. The van der Waals surface area contributed by atoms with Crippen LogP contribution in [0.5, 0.6) is 5.75 Å². The molecule has 0 saturated carbocycles. The van der Waals surface area contributed by atoms with Crippen LogP contribution in [0.3, 0.4) is 0 Å². The molecule has 0 radical (unpaired) electrons. The van der Waals surface area contributed by atoms with Crippen LogP contribution >= 0.6 is 23.4 Å². The van der Waals surface area contributed by atoms with Gasteiger partial charge in [0.25, 0.3) is 0 Å². The molecule has 3 N–H and O–H groups in total. The van der Waals surface area contributed by atoms with Crippen LogP contribution in [0, 0.1) is 0 Å². The van der Waals surface area contributed by atoms with Crippen molar-refractivity contribution >= 4 is 23.4 Å². The maximum Gasteiger partial charge on any atom is 0.138 e. The molecular weight excluding hydrogens is 388 g/mol. The van der Waals surface area contributed by atoms with Gasteiger partial charge in [0.1, 0.15) is 23.9 Å². The second-order valence-corrected chi connectivity index (χ2v) is 8.24. The molecule has 0 aliphatic carbocycles. The summed E-state index contributed by atoms with van der Waals surface area (Å²) in [6.07, 6.45) is -2.34. The Morgan fingerprint density at radius 2 is 2.00 bits per heavy atom. The third-order valence-corrected chi connectivity index (χ3v) is 6.22. The van der Waals surface area contributed by atoms with Crippen molar-refractivity contribution in [3.63, 3.8) is 0 Å². The van der Waals surface area contributed by atoms with Crippen LogP contribution in [0.15, 0.2) is 41.3 Å². The van der Waals surface area contributed by atoms with E-state index in [4.69, 9.17) is 21.1 Å². The van der Waals surface area contributed by atoms with E-state index in [1.54, 1.807) is 23.9 Å². The Morgan fingerprint density at radius 1 is 1.15 bits per heavy atom. The van der Waals surface area contributed by atoms with Crippen LogP contribution in [0.1, 0.15) is 29.2 Å². The summed E-state index contributed by atoms with van der Waals surface area (Å²) in [4.78, 5) is 1.12. The molecule has 1 saturated heterocycles. The molecule has 144 valence electrons. The van der Waals surface area contributed by atoms with Gasteiger partial charge in [-0.2, -0.15) is 0 Å². The zero-order valence-electron chi connectivity index (χ0n) is 14.5. The average molecular weight is 409 g/mol. The molecule has 5 nitrogen and oxygen atoms in total. The fourth-order valence-corrected chi connectivity index (χ4v) is 4.53. The molecule has 0 bridgehead atoms. The average Bonchev–Trinajstić information content (AvgIpc) is 3.13. The highest BCUT2D eigenvalue weighted by Crippen LogP contribution is 2.38. The standard InChI is InChI=1S/C20H21ClO5S/c21-15-3-2-12(20-19(24)16(23)8-14(9-22)26-20)7-13(15)5-11-1-4-17-18(6-11)27-10-25-17/h1-4,6-7,14,16,19-20,22-24H,5,8-10H2. The molecule has 2 heterocycles. The van der Waals surface area contributed by atoms with E-state index in [2.05, 4.69) is 6.07 Å². The van der Waals surface area contributed by atoms with Crippen LogP contribution in [0.4, 0.5) is 0 Å². The van der Waals surface area contributed by atoms with E-state index in [1.807, 2.05) is 18.2 Å². The van der Waals surface area contributed by atoms with E-state index < -0.39 is 24.4 Å². The Labute approximate surface area is 166 Å². The van der Waals surface area contributed by atoms with Crippen molar-refractivity contribution in [2.24, 2.45) is 0 Å². The molecule has 4 unspecified atom stereocenters. The second kappa shape index (κ2) is 7.99. The van der Waals surface area contributed by atoms with Crippen LogP contribution in [-0.4, -0.2) is 46.2 Å². The number of aliphatic hydroxyl groups is 3. The van der Waals surface area contributed by atoms with Gasteiger partial charge in [-0.15, -0.1) is 0 Å². The molecule has 7 heteroatoms. The van der Waals surface area contributed by atoms with Crippen molar-refractivity contribution in [2.45, 2.75) is 42.2 Å². The van der Waals surface area contributed by atoms with Crippen LogP contribution in [0.25, 0.3) is 0 Å². The lowest BCUT2D eigenvalue weighted by Crippen LogP contribution is -2.44. The number of fused-ring (bicyclic) bond motifs is 1.